The Hall–Kier alpha value is -2.54. The lowest BCUT2D eigenvalue weighted by atomic mass is 10.1. The first-order chi connectivity index (χ1) is 13.1. The topological polar surface area (TPSA) is 59.1 Å². The zero-order valence-corrected chi connectivity index (χ0v) is 16.5. The van der Waals surface area contributed by atoms with Crippen LogP contribution in [-0.2, 0) is 11.2 Å². The molecule has 2 amide bonds. The maximum absolute atomic E-state index is 13.1. The highest BCUT2D eigenvalue weighted by atomic mass is 32.1. The number of carbonyl (C=O) groups excluding carboxylic acids is 2. The Bertz CT molecular complexity index is 769. The van der Waals surface area contributed by atoms with Crippen molar-refractivity contribution in [3.05, 3.63) is 46.2 Å². The molecule has 2 aromatic rings. The van der Waals surface area contributed by atoms with Crippen molar-refractivity contribution in [3.63, 3.8) is 0 Å². The van der Waals surface area contributed by atoms with Gasteiger partial charge < -0.3 is 19.3 Å². The minimum Gasteiger partial charge on any atom is -0.496 e. The summed E-state index contributed by atoms with van der Waals surface area (Å²) >= 11 is 1.59. The Morgan fingerprint density at radius 3 is 2.26 bits per heavy atom. The van der Waals surface area contributed by atoms with Gasteiger partial charge in [0.1, 0.15) is 17.1 Å². The molecular weight excluding hydrogens is 364 g/mol. The van der Waals surface area contributed by atoms with E-state index < -0.39 is 0 Å². The Labute approximate surface area is 163 Å². The normalized spacial score (nSPS) is 14.6. The molecule has 1 aromatic carbocycles. The molecule has 1 aromatic heterocycles. The van der Waals surface area contributed by atoms with Gasteiger partial charge in [-0.3, -0.25) is 9.59 Å². The molecule has 1 saturated heterocycles. The van der Waals surface area contributed by atoms with Gasteiger partial charge in [0.05, 0.1) is 20.6 Å². The molecule has 3 rings (SSSR count). The van der Waals surface area contributed by atoms with Crippen LogP contribution in [0.1, 0.15) is 21.7 Å². The molecule has 1 aliphatic heterocycles. The van der Waals surface area contributed by atoms with E-state index in [-0.39, 0.29) is 11.8 Å². The molecule has 0 unspecified atom stereocenters. The van der Waals surface area contributed by atoms with Crippen LogP contribution in [0.4, 0.5) is 0 Å². The monoisotopic (exact) mass is 388 g/mol. The quantitative estimate of drug-likeness (QED) is 0.790. The van der Waals surface area contributed by atoms with E-state index >= 15 is 0 Å². The van der Waals surface area contributed by atoms with E-state index in [0.29, 0.717) is 49.7 Å². The highest BCUT2D eigenvalue weighted by Gasteiger charge is 2.27. The molecule has 1 aliphatic rings. The van der Waals surface area contributed by atoms with Gasteiger partial charge in [0.2, 0.25) is 5.91 Å². The Balaban J connectivity index is 1.69. The summed E-state index contributed by atoms with van der Waals surface area (Å²) in [7, 11) is 3.08. The van der Waals surface area contributed by atoms with E-state index in [1.54, 1.807) is 48.7 Å². The molecule has 144 valence electrons. The van der Waals surface area contributed by atoms with Gasteiger partial charge in [-0.05, 0) is 30.0 Å². The van der Waals surface area contributed by atoms with E-state index in [4.69, 9.17) is 9.47 Å². The molecule has 2 heterocycles. The number of methoxy groups -OCH3 is 2. The largest absolute Gasteiger partial charge is 0.496 e. The summed E-state index contributed by atoms with van der Waals surface area (Å²) in [5.41, 5.74) is 0.431. The molecule has 6 nitrogen and oxygen atoms in total. The lowest BCUT2D eigenvalue weighted by Crippen LogP contribution is -2.38. The molecule has 0 saturated carbocycles. The van der Waals surface area contributed by atoms with E-state index in [1.165, 1.54) is 0 Å². The van der Waals surface area contributed by atoms with Gasteiger partial charge in [0.25, 0.3) is 5.91 Å². The molecule has 0 radical (unpaired) electrons. The van der Waals surface area contributed by atoms with Crippen LogP contribution in [0.5, 0.6) is 11.5 Å². The summed E-state index contributed by atoms with van der Waals surface area (Å²) in [4.78, 5) is 30.4. The van der Waals surface area contributed by atoms with Crippen LogP contribution in [0.3, 0.4) is 0 Å². The fraction of sp³-hybridized carbons (Fsp3) is 0.400. The van der Waals surface area contributed by atoms with Crippen LogP contribution >= 0.6 is 11.3 Å². The molecule has 0 atom stereocenters. The molecular formula is C20H24N2O4S. The van der Waals surface area contributed by atoms with Crippen LogP contribution in [0.25, 0.3) is 0 Å². The van der Waals surface area contributed by atoms with Crippen molar-refractivity contribution in [2.24, 2.45) is 0 Å². The first kappa shape index (κ1) is 19.2. The number of thiophene rings is 1. The Kier molecular flexibility index (Phi) is 6.34. The minimum absolute atomic E-state index is 0.113. The number of ether oxygens (including phenoxy) is 2. The fourth-order valence-electron chi connectivity index (χ4n) is 3.26. The summed E-state index contributed by atoms with van der Waals surface area (Å²) in [5, 5.41) is 1.98. The predicted molar refractivity (Wildman–Crippen MR) is 105 cm³/mol. The molecule has 27 heavy (non-hydrogen) atoms. The number of hydrogen-bond acceptors (Lipinski definition) is 5. The van der Waals surface area contributed by atoms with Crippen molar-refractivity contribution in [1.29, 1.82) is 0 Å². The van der Waals surface area contributed by atoms with Crippen molar-refractivity contribution < 1.29 is 19.1 Å². The Morgan fingerprint density at radius 1 is 0.963 bits per heavy atom. The standard InChI is InChI=1S/C20H24N2O4S/c1-25-16-7-3-8-17(26-2)19(16)20(24)22-10-5-9-21(11-12-22)18(23)14-15-6-4-13-27-15/h3-4,6-8,13H,5,9-12,14H2,1-2H3. The second-order valence-electron chi connectivity index (χ2n) is 6.32. The summed E-state index contributed by atoms with van der Waals surface area (Å²) in [6.07, 6.45) is 1.17. The lowest BCUT2D eigenvalue weighted by Gasteiger charge is -2.23. The van der Waals surface area contributed by atoms with Crippen molar-refractivity contribution in [3.8, 4) is 11.5 Å². The van der Waals surface area contributed by atoms with Crippen molar-refractivity contribution in [2.75, 3.05) is 40.4 Å². The minimum atomic E-state index is -0.128. The average molecular weight is 388 g/mol. The van der Waals surface area contributed by atoms with E-state index in [9.17, 15) is 9.59 Å². The van der Waals surface area contributed by atoms with Gasteiger partial charge in [-0.25, -0.2) is 0 Å². The van der Waals surface area contributed by atoms with Gasteiger partial charge in [0, 0.05) is 31.1 Å². The van der Waals surface area contributed by atoms with E-state index in [0.717, 1.165) is 11.3 Å². The first-order valence-electron chi connectivity index (χ1n) is 8.94. The van der Waals surface area contributed by atoms with Crippen molar-refractivity contribution in [1.82, 2.24) is 9.80 Å². The summed E-state index contributed by atoms with van der Waals surface area (Å²) < 4.78 is 10.7. The van der Waals surface area contributed by atoms with Crippen molar-refractivity contribution >= 4 is 23.2 Å². The molecule has 0 spiro atoms. The molecule has 0 N–H and O–H groups in total. The third-order valence-electron chi connectivity index (χ3n) is 4.68. The van der Waals surface area contributed by atoms with Crippen LogP contribution in [0.2, 0.25) is 0 Å². The maximum atomic E-state index is 13.1. The molecule has 0 bridgehead atoms. The van der Waals surface area contributed by atoms with Gasteiger partial charge in [-0.15, -0.1) is 11.3 Å². The van der Waals surface area contributed by atoms with Crippen LogP contribution < -0.4 is 9.47 Å². The molecule has 1 fully saturated rings. The molecule has 0 aliphatic carbocycles. The smallest absolute Gasteiger partial charge is 0.261 e. The first-order valence-corrected chi connectivity index (χ1v) is 9.82. The third-order valence-corrected chi connectivity index (χ3v) is 5.56. The van der Waals surface area contributed by atoms with Crippen LogP contribution in [-0.4, -0.2) is 62.0 Å². The van der Waals surface area contributed by atoms with E-state index in [2.05, 4.69) is 0 Å². The summed E-state index contributed by atoms with van der Waals surface area (Å²) in [6.45, 7) is 2.30. The highest BCUT2D eigenvalue weighted by molar-refractivity contribution is 7.10. The Morgan fingerprint density at radius 2 is 1.63 bits per heavy atom. The van der Waals surface area contributed by atoms with Crippen molar-refractivity contribution in [2.45, 2.75) is 12.8 Å². The number of carbonyl (C=O) groups is 2. The number of rotatable bonds is 5. The van der Waals surface area contributed by atoms with Gasteiger partial charge >= 0.3 is 0 Å². The van der Waals surface area contributed by atoms with Gasteiger partial charge in [-0.2, -0.15) is 0 Å². The zero-order valence-electron chi connectivity index (χ0n) is 15.6. The van der Waals surface area contributed by atoms with Gasteiger partial charge in [0.15, 0.2) is 0 Å². The number of benzene rings is 1. The molecule has 7 heteroatoms. The summed E-state index contributed by atoms with van der Waals surface area (Å²) in [5.74, 6) is 0.974. The SMILES string of the molecule is COc1cccc(OC)c1C(=O)N1CCCN(C(=O)Cc2cccs2)CC1. The lowest BCUT2D eigenvalue weighted by molar-refractivity contribution is -0.130. The third kappa shape index (κ3) is 4.42. The zero-order chi connectivity index (χ0) is 19.2. The second kappa shape index (κ2) is 8.90. The average Bonchev–Trinajstić information content (AvgIpc) is 3.07. The fourth-order valence-corrected chi connectivity index (χ4v) is 3.96. The number of nitrogens with zero attached hydrogens (tertiary/aromatic N) is 2. The highest BCUT2D eigenvalue weighted by Crippen LogP contribution is 2.30. The maximum Gasteiger partial charge on any atom is 0.261 e. The predicted octanol–water partition coefficient (Wildman–Crippen LogP) is 2.68. The van der Waals surface area contributed by atoms with Gasteiger partial charge in [-0.1, -0.05) is 12.1 Å². The van der Waals surface area contributed by atoms with Crippen LogP contribution in [0, 0.1) is 0 Å². The van der Waals surface area contributed by atoms with E-state index in [1.807, 2.05) is 22.4 Å². The number of amides is 2. The summed E-state index contributed by atoms with van der Waals surface area (Å²) in [6, 6.07) is 9.23. The second-order valence-corrected chi connectivity index (χ2v) is 7.35. The van der Waals surface area contributed by atoms with Crippen LogP contribution in [0.15, 0.2) is 35.7 Å². The number of hydrogen-bond donors (Lipinski definition) is 0.